The lowest BCUT2D eigenvalue weighted by atomic mass is 9.98. The minimum absolute atomic E-state index is 0.0436. The third-order valence-corrected chi connectivity index (χ3v) is 12.7. The highest BCUT2D eigenvalue weighted by molar-refractivity contribution is 6.99. The average Bonchev–Trinajstić information content (AvgIpc) is 3.19. The monoisotopic (exact) mass is 489 g/mol. The van der Waals surface area contributed by atoms with E-state index in [9.17, 15) is 4.79 Å². The van der Waals surface area contributed by atoms with E-state index >= 15 is 0 Å². The Kier molecular flexibility index (Phi) is 8.95. The Bertz CT molecular complexity index is 925. The molecule has 0 N–H and O–H groups in total. The Morgan fingerprint density at radius 2 is 1.43 bits per heavy atom. The average molecular weight is 490 g/mol. The minimum Gasteiger partial charge on any atom is -0.404 e. The van der Waals surface area contributed by atoms with Gasteiger partial charge in [0.2, 0.25) is 5.91 Å². The number of likely N-dealkylation sites (tertiary alicyclic amines) is 1. The lowest BCUT2D eigenvalue weighted by Crippen LogP contribution is -2.68. The molecule has 0 unspecified atom stereocenters. The Morgan fingerprint density at radius 1 is 0.971 bits per heavy atom. The van der Waals surface area contributed by atoms with Crippen LogP contribution < -0.4 is 10.4 Å². The maximum atomic E-state index is 13.3. The molecule has 1 aliphatic rings. The molecule has 188 valence electrons. The number of carbonyl (C=O) groups excluding carboxylic acids is 1. The highest BCUT2D eigenvalue weighted by atomic mass is 28.4. The van der Waals surface area contributed by atoms with Gasteiger partial charge in [0.15, 0.2) is 0 Å². The number of carbonyl (C=O) groups is 1. The van der Waals surface area contributed by atoms with E-state index < -0.39 is 8.32 Å². The Balaban J connectivity index is 2.03. The van der Waals surface area contributed by atoms with E-state index in [1.54, 1.807) is 0 Å². The van der Waals surface area contributed by atoms with E-state index in [2.05, 4.69) is 113 Å². The van der Waals surface area contributed by atoms with Crippen LogP contribution in [0.3, 0.4) is 0 Å². The summed E-state index contributed by atoms with van der Waals surface area (Å²) in [5.74, 6) is 0.184. The van der Waals surface area contributed by atoms with Gasteiger partial charge in [-0.2, -0.15) is 0 Å². The summed E-state index contributed by atoms with van der Waals surface area (Å²) >= 11 is 0. The van der Waals surface area contributed by atoms with Crippen molar-refractivity contribution in [2.45, 2.75) is 83.5 Å². The summed E-state index contributed by atoms with van der Waals surface area (Å²) in [7, 11) is -2.76. The predicted molar refractivity (Wildman–Crippen MR) is 151 cm³/mol. The van der Waals surface area contributed by atoms with Gasteiger partial charge in [-0.3, -0.25) is 4.79 Å². The Hall–Kier alpha value is -2.43. The first-order valence-electron chi connectivity index (χ1n) is 13.0. The molecule has 35 heavy (non-hydrogen) atoms. The normalized spacial score (nSPS) is 19.5. The number of benzene rings is 2. The second-order valence-electron chi connectivity index (χ2n) is 11.0. The van der Waals surface area contributed by atoms with E-state index in [0.29, 0.717) is 24.9 Å². The summed E-state index contributed by atoms with van der Waals surface area (Å²) in [4.78, 5) is 15.4. The largest absolute Gasteiger partial charge is 0.404 e. The molecule has 3 atom stereocenters. The molecule has 2 aromatic rings. The first-order valence-corrected chi connectivity index (χ1v) is 14.9. The van der Waals surface area contributed by atoms with Gasteiger partial charge in [-0.15, -0.1) is 13.2 Å². The van der Waals surface area contributed by atoms with Gasteiger partial charge in [0.05, 0.1) is 6.10 Å². The molecule has 1 fully saturated rings. The fraction of sp³-hybridized carbons (Fsp3) is 0.452. The lowest BCUT2D eigenvalue weighted by Gasteiger charge is -2.46. The van der Waals surface area contributed by atoms with Crippen molar-refractivity contribution in [1.82, 2.24) is 4.90 Å². The maximum Gasteiger partial charge on any atom is 0.261 e. The number of hydrogen-bond acceptors (Lipinski definition) is 2. The standard InChI is InChI=1S/C31H43NO2Si/c1-8-26(9-2)29(22-23-30(33)32-24(3)20-21-25(32)4)34-35(31(5,6)7,27-16-12-10-13-17-27)28-18-14-11-15-19-28/h8-19,24-26,29H,1-2,20-23H2,3-7H3/t24-,25-,29+/m0/s1. The molecular weight excluding hydrogens is 446 g/mol. The molecule has 2 aromatic carbocycles. The Labute approximate surface area is 214 Å². The fourth-order valence-electron chi connectivity index (χ4n) is 5.73. The predicted octanol–water partition coefficient (Wildman–Crippen LogP) is 6.10. The minimum atomic E-state index is -2.76. The first kappa shape index (κ1) is 27.2. The van der Waals surface area contributed by atoms with Crippen molar-refractivity contribution in [3.05, 3.63) is 86.0 Å². The van der Waals surface area contributed by atoms with Crippen molar-refractivity contribution in [2.75, 3.05) is 0 Å². The molecule has 0 aromatic heterocycles. The van der Waals surface area contributed by atoms with Crippen LogP contribution in [-0.2, 0) is 9.22 Å². The van der Waals surface area contributed by atoms with Crippen molar-refractivity contribution in [3.63, 3.8) is 0 Å². The summed E-state index contributed by atoms with van der Waals surface area (Å²) in [6.45, 7) is 19.3. The van der Waals surface area contributed by atoms with E-state index in [1.807, 2.05) is 12.2 Å². The van der Waals surface area contributed by atoms with Crippen LogP contribution in [0.25, 0.3) is 0 Å². The zero-order chi connectivity index (χ0) is 25.6. The molecule has 3 rings (SSSR count). The molecule has 1 aliphatic heterocycles. The van der Waals surface area contributed by atoms with Crippen molar-refractivity contribution in [1.29, 1.82) is 0 Å². The molecule has 1 heterocycles. The van der Waals surface area contributed by atoms with E-state index in [0.717, 1.165) is 12.8 Å². The molecule has 0 radical (unpaired) electrons. The molecular formula is C31H43NO2Si. The van der Waals surface area contributed by atoms with Gasteiger partial charge in [0, 0.05) is 24.4 Å². The van der Waals surface area contributed by atoms with Gasteiger partial charge in [-0.05, 0) is 48.5 Å². The third kappa shape index (κ3) is 5.70. The summed E-state index contributed by atoms with van der Waals surface area (Å²) in [6, 6.07) is 22.0. The number of hydrogen-bond donors (Lipinski definition) is 0. The second kappa shape index (κ2) is 11.5. The van der Waals surface area contributed by atoms with Gasteiger partial charge < -0.3 is 9.33 Å². The second-order valence-corrected chi connectivity index (χ2v) is 15.2. The molecule has 0 bridgehead atoms. The first-order chi connectivity index (χ1) is 16.7. The van der Waals surface area contributed by atoms with Crippen LogP contribution in [0.2, 0.25) is 5.04 Å². The number of rotatable bonds is 10. The summed E-state index contributed by atoms with van der Waals surface area (Å²) < 4.78 is 7.41. The SMILES string of the molecule is C=CC(C=C)[C@@H](CCC(=O)N1[C@@H](C)CC[C@@H]1C)O[Si](c1ccccc1)(c1ccccc1)C(C)(C)C. The maximum absolute atomic E-state index is 13.3. The molecule has 1 saturated heterocycles. The van der Waals surface area contributed by atoms with Crippen LogP contribution in [0.5, 0.6) is 0 Å². The molecule has 0 saturated carbocycles. The highest BCUT2D eigenvalue weighted by Gasteiger charge is 2.52. The zero-order valence-electron chi connectivity index (χ0n) is 22.2. The van der Waals surface area contributed by atoms with Crippen LogP contribution in [0, 0.1) is 5.92 Å². The quantitative estimate of drug-likeness (QED) is 0.298. The summed E-state index contributed by atoms with van der Waals surface area (Å²) in [6.07, 6.45) is 6.92. The molecule has 0 aliphatic carbocycles. The van der Waals surface area contributed by atoms with E-state index in [-0.39, 0.29) is 23.0 Å². The van der Waals surface area contributed by atoms with Gasteiger partial charge in [0.1, 0.15) is 0 Å². The van der Waals surface area contributed by atoms with E-state index in [1.165, 1.54) is 10.4 Å². The highest BCUT2D eigenvalue weighted by Crippen LogP contribution is 2.39. The third-order valence-electron chi connectivity index (χ3n) is 7.60. The van der Waals surface area contributed by atoms with Crippen LogP contribution in [0.4, 0.5) is 0 Å². The summed E-state index contributed by atoms with van der Waals surface area (Å²) in [5.41, 5.74) is 0. The molecule has 3 nitrogen and oxygen atoms in total. The van der Waals surface area contributed by atoms with Crippen molar-refractivity contribution >= 4 is 24.6 Å². The number of amides is 1. The molecule has 1 amide bonds. The smallest absolute Gasteiger partial charge is 0.261 e. The Morgan fingerprint density at radius 3 is 1.83 bits per heavy atom. The van der Waals surface area contributed by atoms with Crippen LogP contribution in [0.15, 0.2) is 86.0 Å². The van der Waals surface area contributed by atoms with Gasteiger partial charge in [-0.1, -0.05) is 93.6 Å². The van der Waals surface area contributed by atoms with Crippen LogP contribution >= 0.6 is 0 Å². The molecule has 0 spiro atoms. The molecule has 4 heteroatoms. The lowest BCUT2D eigenvalue weighted by molar-refractivity contribution is -0.134. The van der Waals surface area contributed by atoms with E-state index in [4.69, 9.17) is 4.43 Å². The van der Waals surface area contributed by atoms with Gasteiger partial charge in [0.25, 0.3) is 8.32 Å². The summed E-state index contributed by atoms with van der Waals surface area (Å²) in [5, 5.41) is 2.34. The van der Waals surface area contributed by atoms with Gasteiger partial charge in [-0.25, -0.2) is 0 Å². The topological polar surface area (TPSA) is 29.5 Å². The van der Waals surface area contributed by atoms with Gasteiger partial charge >= 0.3 is 0 Å². The van der Waals surface area contributed by atoms with Crippen molar-refractivity contribution < 1.29 is 9.22 Å². The number of nitrogens with zero attached hydrogens (tertiary/aromatic N) is 1. The van der Waals surface area contributed by atoms with Crippen LogP contribution in [-0.4, -0.2) is 37.3 Å². The van der Waals surface area contributed by atoms with Crippen molar-refractivity contribution in [2.24, 2.45) is 5.92 Å². The van der Waals surface area contributed by atoms with Crippen molar-refractivity contribution in [3.8, 4) is 0 Å². The fourth-order valence-corrected chi connectivity index (χ4v) is 10.5. The zero-order valence-corrected chi connectivity index (χ0v) is 23.2. The van der Waals surface area contributed by atoms with Crippen LogP contribution in [0.1, 0.15) is 60.3 Å².